The van der Waals surface area contributed by atoms with Crippen LogP contribution in [0.25, 0.3) is 21.2 Å². The number of thiophene rings is 2. The van der Waals surface area contributed by atoms with Crippen LogP contribution in [0.5, 0.6) is 5.75 Å². The molecule has 2 aromatic heterocycles. The number of anilines is 1. The maximum Gasteiger partial charge on any atom is 0.341 e. The number of benzene rings is 2. The number of aryl methyl sites for hydroxylation is 1. The van der Waals surface area contributed by atoms with Crippen LogP contribution in [-0.4, -0.2) is 25.6 Å². The Morgan fingerprint density at radius 3 is 2.48 bits per heavy atom. The van der Waals surface area contributed by atoms with Gasteiger partial charge in [0.25, 0.3) is 5.91 Å². The predicted octanol–water partition coefficient (Wildman–Crippen LogP) is 7.02. The molecule has 2 aromatic carbocycles. The van der Waals surface area contributed by atoms with Crippen molar-refractivity contribution in [2.24, 2.45) is 0 Å². The Kier molecular flexibility index (Phi) is 7.11. The second-order valence-electron chi connectivity index (χ2n) is 7.41. The van der Waals surface area contributed by atoms with Crippen LogP contribution in [0.15, 0.2) is 53.9 Å². The molecule has 33 heavy (non-hydrogen) atoms. The van der Waals surface area contributed by atoms with Gasteiger partial charge in [-0.1, -0.05) is 43.7 Å². The zero-order valence-electron chi connectivity index (χ0n) is 18.8. The van der Waals surface area contributed by atoms with Crippen LogP contribution in [-0.2, 0) is 11.2 Å². The average Bonchev–Trinajstić information content (AvgIpc) is 3.41. The second kappa shape index (κ2) is 10.2. The van der Waals surface area contributed by atoms with Gasteiger partial charge in [-0.05, 0) is 48.1 Å². The third kappa shape index (κ3) is 4.65. The Morgan fingerprint density at radius 1 is 1.03 bits per heavy atom. The highest BCUT2D eigenvalue weighted by Gasteiger charge is 2.25. The van der Waals surface area contributed by atoms with E-state index in [2.05, 4.69) is 18.3 Å². The molecule has 0 fully saturated rings. The molecule has 0 atom stereocenters. The topological polar surface area (TPSA) is 64.6 Å². The van der Waals surface area contributed by atoms with E-state index in [4.69, 9.17) is 9.47 Å². The summed E-state index contributed by atoms with van der Waals surface area (Å²) in [6, 6.07) is 15.5. The zero-order valence-corrected chi connectivity index (χ0v) is 20.4. The minimum Gasteiger partial charge on any atom is -0.497 e. The van der Waals surface area contributed by atoms with Gasteiger partial charge in [0.05, 0.1) is 18.6 Å². The first-order valence-corrected chi connectivity index (χ1v) is 12.5. The zero-order chi connectivity index (χ0) is 23.4. The number of hydrogen-bond acceptors (Lipinski definition) is 6. The van der Waals surface area contributed by atoms with E-state index in [0.29, 0.717) is 15.4 Å². The van der Waals surface area contributed by atoms with E-state index in [9.17, 15) is 9.59 Å². The molecule has 4 aromatic rings. The SMILES string of the molecule is CCCc1c(C(=O)Nc2scc(-c3ccc(OC)cc3)c2C(=O)OCC)sc2ccccc12. The number of rotatable bonds is 8. The lowest BCUT2D eigenvalue weighted by Crippen LogP contribution is -2.15. The molecule has 0 unspecified atom stereocenters. The number of esters is 1. The van der Waals surface area contributed by atoms with Crippen LogP contribution >= 0.6 is 22.7 Å². The summed E-state index contributed by atoms with van der Waals surface area (Å²) >= 11 is 2.81. The number of ether oxygens (including phenoxy) is 2. The summed E-state index contributed by atoms with van der Waals surface area (Å²) in [6.07, 6.45) is 1.76. The van der Waals surface area contributed by atoms with Gasteiger partial charge in [0.15, 0.2) is 0 Å². The van der Waals surface area contributed by atoms with Gasteiger partial charge in [-0.3, -0.25) is 4.79 Å². The molecule has 170 valence electrons. The second-order valence-corrected chi connectivity index (χ2v) is 9.34. The summed E-state index contributed by atoms with van der Waals surface area (Å²) in [6.45, 7) is 4.12. The maximum absolute atomic E-state index is 13.4. The molecule has 5 nitrogen and oxygen atoms in total. The van der Waals surface area contributed by atoms with E-state index in [1.807, 2.05) is 47.8 Å². The molecule has 1 amide bonds. The van der Waals surface area contributed by atoms with Crippen LogP contribution in [0.2, 0.25) is 0 Å². The van der Waals surface area contributed by atoms with Crippen molar-refractivity contribution in [2.75, 3.05) is 19.0 Å². The minimum absolute atomic E-state index is 0.201. The standard InChI is InChI=1S/C26H25NO4S2/c1-4-8-19-18-9-6-7-10-21(18)33-23(19)24(28)27-25-22(26(29)31-5-2)20(15-32-25)16-11-13-17(30-3)14-12-16/h6-7,9-15H,4-5,8H2,1-3H3,(H,27,28). The number of hydrogen-bond donors (Lipinski definition) is 1. The van der Waals surface area contributed by atoms with Crippen molar-refractivity contribution in [1.82, 2.24) is 0 Å². The van der Waals surface area contributed by atoms with Crippen LogP contribution in [0.3, 0.4) is 0 Å². The lowest BCUT2D eigenvalue weighted by atomic mass is 10.0. The molecule has 4 rings (SSSR count). The van der Waals surface area contributed by atoms with Crippen LogP contribution in [0, 0.1) is 0 Å². The van der Waals surface area contributed by atoms with Crippen molar-refractivity contribution in [3.63, 3.8) is 0 Å². The van der Waals surface area contributed by atoms with Crippen LogP contribution in [0.1, 0.15) is 45.9 Å². The Bertz CT molecular complexity index is 1290. The van der Waals surface area contributed by atoms with Gasteiger partial charge in [-0.2, -0.15) is 0 Å². The van der Waals surface area contributed by atoms with Crippen molar-refractivity contribution < 1.29 is 19.1 Å². The maximum atomic E-state index is 13.4. The summed E-state index contributed by atoms with van der Waals surface area (Å²) in [5.74, 6) is 0.0757. The summed E-state index contributed by atoms with van der Waals surface area (Å²) in [4.78, 5) is 26.9. The van der Waals surface area contributed by atoms with Crippen molar-refractivity contribution >= 4 is 49.6 Å². The summed E-state index contributed by atoms with van der Waals surface area (Å²) in [7, 11) is 1.61. The fourth-order valence-electron chi connectivity index (χ4n) is 3.78. The first-order chi connectivity index (χ1) is 16.1. The van der Waals surface area contributed by atoms with Gasteiger partial charge >= 0.3 is 5.97 Å². The minimum atomic E-state index is -0.454. The van der Waals surface area contributed by atoms with Crippen molar-refractivity contribution in [1.29, 1.82) is 0 Å². The molecule has 0 saturated heterocycles. The molecular weight excluding hydrogens is 454 g/mol. The number of carbonyl (C=O) groups is 2. The van der Waals surface area contributed by atoms with E-state index in [1.54, 1.807) is 14.0 Å². The van der Waals surface area contributed by atoms with Crippen LogP contribution in [0.4, 0.5) is 5.00 Å². The van der Waals surface area contributed by atoms with Gasteiger partial charge in [0.2, 0.25) is 0 Å². The quantitative estimate of drug-likeness (QED) is 0.276. The van der Waals surface area contributed by atoms with E-state index in [-0.39, 0.29) is 12.5 Å². The molecule has 0 spiro atoms. The number of fused-ring (bicyclic) bond motifs is 1. The molecule has 0 aliphatic heterocycles. The van der Waals surface area contributed by atoms with E-state index >= 15 is 0 Å². The highest BCUT2D eigenvalue weighted by atomic mass is 32.1. The van der Waals surface area contributed by atoms with Crippen molar-refractivity contribution in [2.45, 2.75) is 26.7 Å². The molecule has 0 saturated carbocycles. The van der Waals surface area contributed by atoms with Crippen molar-refractivity contribution in [3.05, 3.63) is 69.9 Å². The smallest absolute Gasteiger partial charge is 0.341 e. The molecular formula is C26H25NO4S2. The molecule has 0 bridgehead atoms. The van der Waals surface area contributed by atoms with Gasteiger partial charge in [-0.15, -0.1) is 22.7 Å². The summed E-state index contributed by atoms with van der Waals surface area (Å²) < 4.78 is 11.7. The number of carbonyl (C=O) groups excluding carboxylic acids is 2. The molecule has 0 aliphatic rings. The molecule has 2 heterocycles. The Morgan fingerprint density at radius 2 is 1.79 bits per heavy atom. The summed E-state index contributed by atoms with van der Waals surface area (Å²) in [5.41, 5.74) is 3.00. The normalized spacial score (nSPS) is 10.9. The fourth-order valence-corrected chi connectivity index (χ4v) is 5.88. The molecule has 1 N–H and O–H groups in total. The van der Waals surface area contributed by atoms with E-state index in [1.165, 1.54) is 22.7 Å². The Labute approximate surface area is 201 Å². The van der Waals surface area contributed by atoms with Gasteiger partial charge in [0.1, 0.15) is 16.3 Å². The third-order valence-electron chi connectivity index (χ3n) is 5.30. The Hall–Kier alpha value is -3.16. The summed E-state index contributed by atoms with van der Waals surface area (Å²) in [5, 5.41) is 6.49. The Balaban J connectivity index is 1.73. The lowest BCUT2D eigenvalue weighted by molar-refractivity contribution is 0.0529. The fraction of sp³-hybridized carbons (Fsp3) is 0.231. The van der Waals surface area contributed by atoms with E-state index < -0.39 is 5.97 Å². The van der Waals surface area contributed by atoms with Gasteiger partial charge in [-0.25, -0.2) is 4.79 Å². The third-order valence-corrected chi connectivity index (χ3v) is 7.41. The molecule has 0 aliphatic carbocycles. The van der Waals surface area contributed by atoms with Gasteiger partial charge < -0.3 is 14.8 Å². The van der Waals surface area contributed by atoms with Gasteiger partial charge in [0, 0.05) is 15.6 Å². The van der Waals surface area contributed by atoms with Crippen LogP contribution < -0.4 is 10.1 Å². The number of nitrogens with one attached hydrogen (secondary N) is 1. The number of amides is 1. The highest BCUT2D eigenvalue weighted by molar-refractivity contribution is 7.21. The largest absolute Gasteiger partial charge is 0.497 e. The number of methoxy groups -OCH3 is 1. The monoisotopic (exact) mass is 479 g/mol. The molecule has 0 radical (unpaired) electrons. The van der Waals surface area contributed by atoms with Crippen molar-refractivity contribution in [3.8, 4) is 16.9 Å². The molecule has 7 heteroatoms. The first kappa shape index (κ1) is 23.0. The first-order valence-electron chi connectivity index (χ1n) is 10.8. The highest BCUT2D eigenvalue weighted by Crippen LogP contribution is 2.38. The lowest BCUT2D eigenvalue weighted by Gasteiger charge is -2.09. The predicted molar refractivity (Wildman–Crippen MR) is 136 cm³/mol. The average molecular weight is 480 g/mol. The van der Waals surface area contributed by atoms with E-state index in [0.717, 1.165) is 45.4 Å².